The summed E-state index contributed by atoms with van der Waals surface area (Å²) in [6.07, 6.45) is 5.94. The molecule has 1 aliphatic carbocycles. The third kappa shape index (κ3) is 1.84. The summed E-state index contributed by atoms with van der Waals surface area (Å²) < 4.78 is 0. The van der Waals surface area contributed by atoms with E-state index < -0.39 is 0 Å². The van der Waals surface area contributed by atoms with Gasteiger partial charge in [-0.1, -0.05) is 0 Å². The van der Waals surface area contributed by atoms with Crippen molar-refractivity contribution in [2.75, 3.05) is 0 Å². The molecule has 0 aromatic carbocycles. The van der Waals surface area contributed by atoms with Gasteiger partial charge in [0.15, 0.2) is 0 Å². The molecule has 0 unspecified atom stereocenters. The zero-order chi connectivity index (χ0) is 8.39. The molecule has 1 fully saturated rings. The lowest BCUT2D eigenvalue weighted by Gasteiger charge is -1.99. The van der Waals surface area contributed by atoms with Crippen molar-refractivity contribution in [1.82, 2.24) is 15.3 Å². The first kappa shape index (κ1) is 7.34. The maximum absolute atomic E-state index is 11.2. The largest absolute Gasteiger partial charge is 0.353 e. The minimum absolute atomic E-state index is 0.0850. The topological polar surface area (TPSA) is 57.8 Å². The third-order valence-corrected chi connectivity index (χ3v) is 1.85. The molecule has 0 atom stereocenters. The Balaban J connectivity index is 1.82. The van der Waals surface area contributed by atoms with Crippen molar-refractivity contribution in [3.63, 3.8) is 0 Å². The highest BCUT2D eigenvalue weighted by atomic mass is 16.1. The van der Waals surface area contributed by atoms with Crippen LogP contribution in [0.15, 0.2) is 12.5 Å². The molecule has 1 amide bonds. The van der Waals surface area contributed by atoms with Gasteiger partial charge in [-0.15, -0.1) is 0 Å². The SMILES string of the molecule is O=C(Cc1cnc[nH]1)NC1CC1. The smallest absolute Gasteiger partial charge is 0.226 e. The zero-order valence-corrected chi connectivity index (χ0v) is 6.71. The maximum atomic E-state index is 11.2. The number of aromatic amines is 1. The Kier molecular flexibility index (Phi) is 1.81. The van der Waals surface area contributed by atoms with E-state index in [4.69, 9.17) is 0 Å². The van der Waals surface area contributed by atoms with Gasteiger partial charge in [-0.2, -0.15) is 0 Å². The van der Waals surface area contributed by atoms with E-state index >= 15 is 0 Å². The Morgan fingerprint density at radius 1 is 1.75 bits per heavy atom. The van der Waals surface area contributed by atoms with Crippen LogP contribution in [0, 0.1) is 0 Å². The predicted molar refractivity (Wildman–Crippen MR) is 43.5 cm³/mol. The molecule has 0 aliphatic heterocycles. The first-order valence-corrected chi connectivity index (χ1v) is 4.11. The number of hydrogen-bond acceptors (Lipinski definition) is 2. The number of imidazole rings is 1. The van der Waals surface area contributed by atoms with Gasteiger partial charge in [0.05, 0.1) is 12.7 Å². The molecule has 0 radical (unpaired) electrons. The molecule has 1 heterocycles. The summed E-state index contributed by atoms with van der Waals surface area (Å²) in [6, 6.07) is 0.445. The van der Waals surface area contributed by atoms with Crippen LogP contribution in [0.2, 0.25) is 0 Å². The molecule has 4 nitrogen and oxygen atoms in total. The van der Waals surface area contributed by atoms with Crippen LogP contribution < -0.4 is 5.32 Å². The average Bonchev–Trinajstić information content (AvgIpc) is 2.66. The Bertz CT molecular complexity index is 264. The Hall–Kier alpha value is -1.32. The van der Waals surface area contributed by atoms with Crippen LogP contribution in [0.1, 0.15) is 18.5 Å². The van der Waals surface area contributed by atoms with Crippen LogP contribution in [0.25, 0.3) is 0 Å². The van der Waals surface area contributed by atoms with E-state index in [1.165, 1.54) is 0 Å². The molecule has 2 N–H and O–H groups in total. The summed E-state index contributed by atoms with van der Waals surface area (Å²) in [5.41, 5.74) is 0.869. The molecule has 0 bridgehead atoms. The molecule has 64 valence electrons. The van der Waals surface area contributed by atoms with Crippen LogP contribution in [0.3, 0.4) is 0 Å². The van der Waals surface area contributed by atoms with Crippen LogP contribution in [0.4, 0.5) is 0 Å². The van der Waals surface area contributed by atoms with Crippen LogP contribution in [-0.4, -0.2) is 21.9 Å². The summed E-state index contributed by atoms with van der Waals surface area (Å²) in [6.45, 7) is 0. The van der Waals surface area contributed by atoms with Crippen molar-refractivity contribution in [1.29, 1.82) is 0 Å². The van der Waals surface area contributed by atoms with Crippen molar-refractivity contribution < 1.29 is 4.79 Å². The number of rotatable bonds is 3. The number of carbonyl (C=O) groups excluding carboxylic acids is 1. The van der Waals surface area contributed by atoms with Crippen molar-refractivity contribution in [3.8, 4) is 0 Å². The fourth-order valence-corrected chi connectivity index (χ4v) is 1.06. The number of carbonyl (C=O) groups is 1. The van der Waals surface area contributed by atoms with E-state index in [0.29, 0.717) is 12.5 Å². The Morgan fingerprint density at radius 2 is 2.58 bits per heavy atom. The third-order valence-electron chi connectivity index (χ3n) is 1.85. The summed E-state index contributed by atoms with van der Waals surface area (Å²) in [4.78, 5) is 17.9. The van der Waals surface area contributed by atoms with Crippen LogP contribution in [0.5, 0.6) is 0 Å². The lowest BCUT2D eigenvalue weighted by atomic mass is 10.3. The molecule has 1 aromatic rings. The van der Waals surface area contributed by atoms with E-state index in [0.717, 1.165) is 18.5 Å². The summed E-state index contributed by atoms with van der Waals surface area (Å²) in [7, 11) is 0. The van der Waals surface area contributed by atoms with Gasteiger partial charge in [-0.25, -0.2) is 4.98 Å². The fourth-order valence-electron chi connectivity index (χ4n) is 1.06. The first-order valence-electron chi connectivity index (χ1n) is 4.11. The van der Waals surface area contributed by atoms with Crippen molar-refractivity contribution in [2.24, 2.45) is 0 Å². The van der Waals surface area contributed by atoms with Crippen molar-refractivity contribution in [3.05, 3.63) is 18.2 Å². The zero-order valence-electron chi connectivity index (χ0n) is 6.71. The summed E-state index contributed by atoms with van der Waals surface area (Å²) in [5.74, 6) is 0.0850. The van der Waals surface area contributed by atoms with Gasteiger partial charge >= 0.3 is 0 Å². The summed E-state index contributed by atoms with van der Waals surface area (Å²) in [5, 5.41) is 2.91. The van der Waals surface area contributed by atoms with Gasteiger partial charge in [0, 0.05) is 17.9 Å². The van der Waals surface area contributed by atoms with E-state index in [-0.39, 0.29) is 5.91 Å². The monoisotopic (exact) mass is 165 g/mol. The van der Waals surface area contributed by atoms with E-state index in [1.54, 1.807) is 12.5 Å². The van der Waals surface area contributed by atoms with E-state index in [9.17, 15) is 4.79 Å². The quantitative estimate of drug-likeness (QED) is 0.673. The molecule has 1 aromatic heterocycles. The molecule has 1 aliphatic rings. The highest BCUT2D eigenvalue weighted by Crippen LogP contribution is 2.18. The number of aromatic nitrogens is 2. The number of nitrogens with zero attached hydrogens (tertiary/aromatic N) is 1. The number of H-pyrrole nitrogens is 1. The second kappa shape index (κ2) is 2.97. The molecule has 12 heavy (non-hydrogen) atoms. The molecule has 4 heteroatoms. The van der Waals surface area contributed by atoms with Crippen molar-refractivity contribution >= 4 is 5.91 Å². The van der Waals surface area contributed by atoms with E-state index in [1.807, 2.05) is 0 Å². The standard InChI is InChI=1S/C8H11N3O/c12-8(11-6-1-2-6)3-7-4-9-5-10-7/h4-6H,1-3H2,(H,9,10)(H,11,12). The minimum atomic E-state index is 0.0850. The summed E-state index contributed by atoms with van der Waals surface area (Å²) >= 11 is 0. The Labute approximate surface area is 70.4 Å². The Morgan fingerprint density at radius 3 is 3.17 bits per heavy atom. The molecular weight excluding hydrogens is 154 g/mol. The second-order valence-corrected chi connectivity index (χ2v) is 3.10. The molecular formula is C8H11N3O. The van der Waals surface area contributed by atoms with E-state index in [2.05, 4.69) is 15.3 Å². The average molecular weight is 165 g/mol. The van der Waals surface area contributed by atoms with Crippen molar-refractivity contribution in [2.45, 2.75) is 25.3 Å². The molecule has 1 saturated carbocycles. The minimum Gasteiger partial charge on any atom is -0.353 e. The highest BCUT2D eigenvalue weighted by molar-refractivity contribution is 5.78. The van der Waals surface area contributed by atoms with Crippen LogP contribution >= 0.6 is 0 Å². The van der Waals surface area contributed by atoms with Crippen LogP contribution in [-0.2, 0) is 11.2 Å². The predicted octanol–water partition coefficient (Wildman–Crippen LogP) is 0.231. The fraction of sp³-hybridized carbons (Fsp3) is 0.500. The maximum Gasteiger partial charge on any atom is 0.226 e. The second-order valence-electron chi connectivity index (χ2n) is 3.10. The molecule has 2 rings (SSSR count). The lowest BCUT2D eigenvalue weighted by molar-refractivity contribution is -0.120. The normalized spacial score (nSPS) is 16.0. The lowest BCUT2D eigenvalue weighted by Crippen LogP contribution is -2.27. The first-order chi connectivity index (χ1) is 5.84. The van der Waals surface area contributed by atoms with Gasteiger partial charge in [0.25, 0.3) is 0 Å². The molecule has 0 saturated heterocycles. The number of hydrogen-bond donors (Lipinski definition) is 2. The highest BCUT2D eigenvalue weighted by Gasteiger charge is 2.23. The molecule has 0 spiro atoms. The number of amides is 1. The number of nitrogens with one attached hydrogen (secondary N) is 2. The van der Waals surface area contributed by atoms with Gasteiger partial charge in [-0.05, 0) is 12.8 Å². The van der Waals surface area contributed by atoms with Gasteiger partial charge in [0.1, 0.15) is 0 Å². The van der Waals surface area contributed by atoms with Gasteiger partial charge in [-0.3, -0.25) is 4.79 Å². The van der Waals surface area contributed by atoms with Gasteiger partial charge < -0.3 is 10.3 Å². The van der Waals surface area contributed by atoms with Gasteiger partial charge in [0.2, 0.25) is 5.91 Å².